The Hall–Kier alpha value is -2.69. The maximum Gasteiger partial charge on any atom is 0.181 e. The third-order valence-electron chi connectivity index (χ3n) is 3.08. The van der Waals surface area contributed by atoms with Crippen molar-refractivity contribution in [2.45, 2.75) is 6.54 Å². The summed E-state index contributed by atoms with van der Waals surface area (Å²) in [4.78, 5) is 3.87. The van der Waals surface area contributed by atoms with Crippen LogP contribution in [0.2, 0.25) is 0 Å². The summed E-state index contributed by atoms with van der Waals surface area (Å²) in [5.74, 6) is -0.482. The highest BCUT2D eigenvalue weighted by Gasteiger charge is 2.05. The summed E-state index contributed by atoms with van der Waals surface area (Å²) in [6.07, 6.45) is 2.99. The molecule has 5 heteroatoms. The van der Waals surface area contributed by atoms with E-state index in [4.69, 9.17) is 4.42 Å². The second kappa shape index (κ2) is 5.75. The SMILES string of the molecule is Fc1ccc(CNc2cccc(-c3cnco3)c2)c(F)c1. The van der Waals surface area contributed by atoms with Crippen molar-refractivity contribution in [1.29, 1.82) is 0 Å². The average molecular weight is 286 g/mol. The Morgan fingerprint density at radius 3 is 2.76 bits per heavy atom. The number of aromatic nitrogens is 1. The Morgan fingerprint density at radius 2 is 2.00 bits per heavy atom. The van der Waals surface area contributed by atoms with Crippen molar-refractivity contribution in [2.75, 3.05) is 5.32 Å². The Balaban J connectivity index is 1.75. The molecule has 2 aromatic carbocycles. The molecule has 0 fully saturated rings. The van der Waals surface area contributed by atoms with Gasteiger partial charge < -0.3 is 9.73 Å². The van der Waals surface area contributed by atoms with Gasteiger partial charge in [-0.15, -0.1) is 0 Å². The number of nitrogens with zero attached hydrogens (tertiary/aromatic N) is 1. The van der Waals surface area contributed by atoms with Crippen molar-refractivity contribution in [3.63, 3.8) is 0 Å². The quantitative estimate of drug-likeness (QED) is 0.780. The lowest BCUT2D eigenvalue weighted by Gasteiger charge is -2.08. The minimum absolute atomic E-state index is 0.270. The largest absolute Gasteiger partial charge is 0.444 e. The summed E-state index contributed by atoms with van der Waals surface area (Å²) in [6.45, 7) is 0.270. The van der Waals surface area contributed by atoms with Gasteiger partial charge >= 0.3 is 0 Å². The van der Waals surface area contributed by atoms with E-state index in [1.165, 1.54) is 18.5 Å². The molecular formula is C16H12F2N2O. The number of nitrogens with one attached hydrogen (secondary N) is 1. The number of benzene rings is 2. The molecule has 0 saturated carbocycles. The molecular weight excluding hydrogens is 274 g/mol. The molecule has 0 aliphatic rings. The molecule has 0 aliphatic carbocycles. The molecule has 0 bridgehead atoms. The van der Waals surface area contributed by atoms with Crippen molar-refractivity contribution in [3.8, 4) is 11.3 Å². The fourth-order valence-corrected chi connectivity index (χ4v) is 2.00. The Labute approximate surface area is 120 Å². The zero-order valence-electron chi connectivity index (χ0n) is 11.0. The second-order valence-electron chi connectivity index (χ2n) is 4.54. The molecule has 3 rings (SSSR count). The van der Waals surface area contributed by atoms with Crippen LogP contribution >= 0.6 is 0 Å². The van der Waals surface area contributed by atoms with Crippen LogP contribution in [0.3, 0.4) is 0 Å². The number of oxazole rings is 1. The molecule has 1 aromatic heterocycles. The first-order chi connectivity index (χ1) is 10.2. The van der Waals surface area contributed by atoms with E-state index in [2.05, 4.69) is 10.3 Å². The van der Waals surface area contributed by atoms with E-state index in [-0.39, 0.29) is 6.54 Å². The smallest absolute Gasteiger partial charge is 0.181 e. The first kappa shape index (κ1) is 13.3. The third kappa shape index (κ3) is 3.08. The van der Waals surface area contributed by atoms with E-state index in [9.17, 15) is 8.78 Å². The third-order valence-corrected chi connectivity index (χ3v) is 3.08. The van der Waals surface area contributed by atoms with E-state index in [1.54, 1.807) is 6.20 Å². The first-order valence-corrected chi connectivity index (χ1v) is 6.39. The topological polar surface area (TPSA) is 38.1 Å². The zero-order chi connectivity index (χ0) is 14.7. The van der Waals surface area contributed by atoms with Crippen molar-refractivity contribution in [3.05, 3.63) is 72.3 Å². The van der Waals surface area contributed by atoms with Crippen molar-refractivity contribution in [2.24, 2.45) is 0 Å². The van der Waals surface area contributed by atoms with Crippen molar-refractivity contribution in [1.82, 2.24) is 4.98 Å². The number of anilines is 1. The standard InChI is InChI=1S/C16H12F2N2O/c17-13-5-4-12(15(18)7-13)8-20-14-3-1-2-11(6-14)16-9-19-10-21-16/h1-7,9-10,20H,8H2. The molecule has 3 nitrogen and oxygen atoms in total. The fourth-order valence-electron chi connectivity index (χ4n) is 2.00. The lowest BCUT2D eigenvalue weighted by atomic mass is 10.1. The van der Waals surface area contributed by atoms with Gasteiger partial charge in [0.2, 0.25) is 0 Å². The average Bonchev–Trinajstić information content (AvgIpc) is 3.01. The van der Waals surface area contributed by atoms with Gasteiger partial charge in [0.05, 0.1) is 6.20 Å². The monoisotopic (exact) mass is 286 g/mol. The van der Waals surface area contributed by atoms with Crippen LogP contribution in [0.5, 0.6) is 0 Å². The van der Waals surface area contributed by atoms with E-state index in [0.29, 0.717) is 11.3 Å². The molecule has 1 N–H and O–H groups in total. The highest BCUT2D eigenvalue weighted by Crippen LogP contribution is 2.22. The molecule has 0 spiro atoms. The van der Waals surface area contributed by atoms with Gasteiger partial charge in [-0.3, -0.25) is 0 Å². The molecule has 3 aromatic rings. The maximum atomic E-state index is 13.6. The first-order valence-electron chi connectivity index (χ1n) is 6.39. The lowest BCUT2D eigenvalue weighted by molar-refractivity contribution is 0.571. The summed E-state index contributed by atoms with van der Waals surface area (Å²) in [5.41, 5.74) is 2.09. The van der Waals surface area contributed by atoms with Gasteiger partial charge in [0.1, 0.15) is 11.6 Å². The van der Waals surface area contributed by atoms with Gasteiger partial charge in [0, 0.05) is 29.4 Å². The Bertz CT molecular complexity index is 742. The number of hydrogen-bond acceptors (Lipinski definition) is 3. The maximum absolute atomic E-state index is 13.6. The van der Waals surface area contributed by atoms with Gasteiger partial charge in [0.15, 0.2) is 12.2 Å². The molecule has 21 heavy (non-hydrogen) atoms. The summed E-state index contributed by atoms with van der Waals surface area (Å²) >= 11 is 0. The molecule has 1 heterocycles. The van der Waals surface area contributed by atoms with E-state index in [0.717, 1.165) is 17.3 Å². The van der Waals surface area contributed by atoms with Crippen molar-refractivity contribution >= 4 is 5.69 Å². The molecule has 0 aliphatic heterocycles. The van der Waals surface area contributed by atoms with Crippen molar-refractivity contribution < 1.29 is 13.2 Å². The number of halogens is 2. The lowest BCUT2D eigenvalue weighted by Crippen LogP contribution is -2.02. The minimum atomic E-state index is -0.580. The van der Waals surface area contributed by atoms with E-state index >= 15 is 0 Å². The summed E-state index contributed by atoms with van der Waals surface area (Å²) in [7, 11) is 0. The van der Waals surface area contributed by atoms with Gasteiger partial charge in [-0.2, -0.15) is 0 Å². The highest BCUT2D eigenvalue weighted by atomic mass is 19.1. The van der Waals surface area contributed by atoms with Crippen LogP contribution < -0.4 is 5.32 Å². The van der Waals surface area contributed by atoms with Crippen LogP contribution in [-0.2, 0) is 6.54 Å². The molecule has 106 valence electrons. The van der Waals surface area contributed by atoms with E-state index < -0.39 is 11.6 Å². The predicted molar refractivity (Wildman–Crippen MR) is 75.6 cm³/mol. The van der Waals surface area contributed by atoms with Gasteiger partial charge in [-0.1, -0.05) is 18.2 Å². The van der Waals surface area contributed by atoms with Gasteiger partial charge in [-0.25, -0.2) is 13.8 Å². The van der Waals surface area contributed by atoms with Gasteiger partial charge in [-0.05, 0) is 18.2 Å². The fraction of sp³-hybridized carbons (Fsp3) is 0.0625. The van der Waals surface area contributed by atoms with Crippen LogP contribution in [0.4, 0.5) is 14.5 Å². The summed E-state index contributed by atoms with van der Waals surface area (Å²) in [5, 5.41) is 3.10. The van der Waals surface area contributed by atoms with Crippen LogP contribution in [0.15, 0.2) is 59.5 Å². The summed E-state index contributed by atoms with van der Waals surface area (Å²) < 4.78 is 31.6. The molecule has 0 radical (unpaired) electrons. The molecule has 0 amide bonds. The Morgan fingerprint density at radius 1 is 1.10 bits per heavy atom. The van der Waals surface area contributed by atoms with Crippen LogP contribution in [0.1, 0.15) is 5.56 Å². The summed E-state index contributed by atoms with van der Waals surface area (Å²) in [6, 6.07) is 11.0. The molecule has 0 unspecified atom stereocenters. The van der Waals surface area contributed by atoms with Crippen LogP contribution in [0.25, 0.3) is 11.3 Å². The van der Waals surface area contributed by atoms with E-state index in [1.807, 2.05) is 24.3 Å². The molecule has 0 saturated heterocycles. The second-order valence-corrected chi connectivity index (χ2v) is 4.54. The number of rotatable bonds is 4. The zero-order valence-corrected chi connectivity index (χ0v) is 11.0. The van der Waals surface area contributed by atoms with Crippen LogP contribution in [0, 0.1) is 11.6 Å². The predicted octanol–water partition coefficient (Wildman–Crippen LogP) is 4.23. The Kier molecular flexibility index (Phi) is 3.64. The normalized spacial score (nSPS) is 10.6. The van der Waals surface area contributed by atoms with Gasteiger partial charge in [0.25, 0.3) is 0 Å². The molecule has 0 atom stereocenters. The number of hydrogen-bond donors (Lipinski definition) is 1. The minimum Gasteiger partial charge on any atom is -0.444 e. The highest BCUT2D eigenvalue weighted by molar-refractivity contribution is 5.63. The van der Waals surface area contributed by atoms with Crippen LogP contribution in [-0.4, -0.2) is 4.98 Å².